The van der Waals surface area contributed by atoms with Gasteiger partial charge in [-0.25, -0.2) is 0 Å². The molecule has 1 saturated heterocycles. The van der Waals surface area contributed by atoms with E-state index in [1.165, 1.54) is 6.07 Å². The molecular weight excluding hydrogens is 370 g/mol. The van der Waals surface area contributed by atoms with Crippen molar-refractivity contribution in [2.45, 2.75) is 18.4 Å². The Labute approximate surface area is 182 Å². The highest BCUT2D eigenvalue weighted by Crippen LogP contribution is 2.44. The molecule has 1 fully saturated rings. The molecule has 7 heteroatoms. The molecule has 3 aromatic rings. The number of carbonyl (C=O) groups excluding carboxylic acids is 2. The molecule has 2 atom stereocenters. The Hall–Kier alpha value is -3.48. The van der Waals surface area contributed by atoms with Crippen LogP contribution in [0.2, 0.25) is 0 Å². The Balaban J connectivity index is 1.73. The van der Waals surface area contributed by atoms with Crippen LogP contribution in [0.1, 0.15) is 37.9 Å². The average Bonchev–Trinajstić information content (AvgIpc) is 3.40. The van der Waals surface area contributed by atoms with E-state index in [0.717, 1.165) is 0 Å². The molecule has 1 unspecified atom stereocenters. The first kappa shape index (κ1) is 8.90. The minimum absolute atomic E-state index is 0.0964. The van der Waals surface area contributed by atoms with E-state index in [2.05, 4.69) is 4.98 Å². The highest BCUT2D eigenvalue weighted by molar-refractivity contribution is 5.97. The number of piperazine rings is 1. The molecule has 3 aliphatic rings. The van der Waals surface area contributed by atoms with Gasteiger partial charge in [-0.05, 0) is 29.3 Å². The van der Waals surface area contributed by atoms with E-state index in [4.69, 9.17) is 23.2 Å². The fraction of sp³-hybridized carbons (Fsp3) is 0.273. The summed E-state index contributed by atoms with van der Waals surface area (Å²) in [6.45, 7) is -7.00. The van der Waals surface area contributed by atoms with Gasteiger partial charge in [-0.2, -0.15) is 0 Å². The predicted molar refractivity (Wildman–Crippen MR) is 105 cm³/mol. The van der Waals surface area contributed by atoms with E-state index in [0.29, 0.717) is 10.4 Å². The molecule has 0 radical (unpaired) electrons. The van der Waals surface area contributed by atoms with Crippen molar-refractivity contribution in [3.05, 3.63) is 59.2 Å². The van der Waals surface area contributed by atoms with Crippen LogP contribution in [0.3, 0.4) is 0 Å². The van der Waals surface area contributed by atoms with Gasteiger partial charge >= 0.3 is 0 Å². The van der Waals surface area contributed by atoms with Crippen LogP contribution in [0.25, 0.3) is 10.9 Å². The number of ether oxygens (including phenoxy) is 2. The van der Waals surface area contributed by atoms with Gasteiger partial charge in [0, 0.05) is 36.8 Å². The smallest absolute Gasteiger partial charge is 0.245 e. The van der Waals surface area contributed by atoms with E-state index in [-0.39, 0.29) is 21.5 Å². The number of amides is 2. The Kier molecular flexibility index (Phi) is 1.77. The van der Waals surface area contributed by atoms with Crippen molar-refractivity contribution in [3.63, 3.8) is 0 Å². The minimum atomic E-state index is -3.22. The lowest BCUT2D eigenvalue weighted by Gasteiger charge is -2.46. The predicted octanol–water partition coefficient (Wildman–Crippen LogP) is 2.21. The van der Waals surface area contributed by atoms with Crippen LogP contribution in [0.15, 0.2) is 42.4 Å². The number of carbonyl (C=O) groups is 2. The van der Waals surface area contributed by atoms with E-state index in [1.807, 2.05) is 0 Å². The molecular formula is C22H19N3O4. The van der Waals surface area contributed by atoms with E-state index < -0.39 is 85.7 Å². The lowest BCUT2D eigenvalue weighted by atomic mass is 9.86. The number of benzene rings is 2. The molecule has 2 aromatic carbocycles. The molecule has 0 spiro atoms. The Morgan fingerprint density at radius 2 is 2.14 bits per heavy atom. The van der Waals surface area contributed by atoms with Gasteiger partial charge < -0.3 is 24.3 Å². The first-order valence-corrected chi connectivity index (χ1v) is 8.70. The van der Waals surface area contributed by atoms with Gasteiger partial charge in [-0.1, -0.05) is 24.2 Å². The Morgan fingerprint density at radius 3 is 3.03 bits per heavy atom. The molecule has 2 amide bonds. The van der Waals surface area contributed by atoms with Gasteiger partial charge in [0.25, 0.3) is 0 Å². The summed E-state index contributed by atoms with van der Waals surface area (Å²) < 4.78 is 102. The van der Waals surface area contributed by atoms with Crippen LogP contribution in [-0.4, -0.2) is 52.9 Å². The lowest BCUT2D eigenvalue weighted by Crippen LogP contribution is -2.62. The van der Waals surface area contributed by atoms with Crippen LogP contribution in [-0.2, 0) is 16.0 Å². The number of fused-ring (bicyclic) bond motifs is 5. The Bertz CT molecular complexity index is 1650. The lowest BCUT2D eigenvalue weighted by molar-refractivity contribution is -0.157. The normalized spacial score (nSPS) is 34.8. The zero-order valence-corrected chi connectivity index (χ0v) is 14.6. The first-order valence-electron chi connectivity index (χ1n) is 14.2. The fourth-order valence-electron chi connectivity index (χ4n) is 3.82. The summed E-state index contributed by atoms with van der Waals surface area (Å²) in [7, 11) is 0. The molecule has 7 nitrogen and oxygen atoms in total. The summed E-state index contributed by atoms with van der Waals surface area (Å²) in [6, 6.07) is -0.785. The van der Waals surface area contributed by atoms with Crippen LogP contribution < -0.4 is 9.47 Å². The molecule has 4 heterocycles. The SMILES string of the molecule is [2H]c1c([2H])c(C2c3[nH]c4ccccc4c3C([2H])([2H])[C@]3([2H])C(=O)N(C([2H])([2H])[2H])CC(=O)N23)c([2H])c2c1OC([2H])([2H])O2. The van der Waals surface area contributed by atoms with Crippen molar-refractivity contribution in [3.8, 4) is 11.5 Å². The second kappa shape index (κ2) is 5.76. The van der Waals surface area contributed by atoms with E-state index >= 15 is 0 Å². The zero-order chi connectivity index (χ0) is 29.3. The van der Waals surface area contributed by atoms with E-state index in [9.17, 15) is 11.0 Å². The molecule has 0 aliphatic carbocycles. The van der Waals surface area contributed by atoms with Crippen molar-refractivity contribution >= 4 is 22.7 Å². The van der Waals surface area contributed by atoms with Crippen molar-refractivity contribution in [1.29, 1.82) is 0 Å². The van der Waals surface area contributed by atoms with Crippen LogP contribution in [0.5, 0.6) is 11.5 Å². The van der Waals surface area contributed by atoms with Crippen molar-refractivity contribution in [1.82, 2.24) is 14.8 Å². The number of nitrogens with zero attached hydrogens (tertiary/aromatic N) is 2. The van der Waals surface area contributed by atoms with Gasteiger partial charge in [-0.3, -0.25) is 9.59 Å². The summed E-state index contributed by atoms with van der Waals surface area (Å²) in [6.07, 6.45) is -3.00. The highest BCUT2D eigenvalue weighted by atomic mass is 16.7. The van der Waals surface area contributed by atoms with Crippen LogP contribution in [0.4, 0.5) is 0 Å². The highest BCUT2D eigenvalue weighted by Gasteiger charge is 2.47. The molecule has 1 aromatic heterocycles. The Morgan fingerprint density at radius 1 is 1.28 bits per heavy atom. The summed E-state index contributed by atoms with van der Waals surface area (Å²) in [5, 5.41) is 0.214. The van der Waals surface area contributed by atoms with Gasteiger partial charge in [0.2, 0.25) is 18.6 Å². The number of nitrogens with one attached hydrogen (secondary N) is 1. The molecule has 6 rings (SSSR count). The minimum Gasteiger partial charge on any atom is -0.454 e. The number of likely N-dealkylation sites (N-methyl/N-ethyl adjacent to an activating group) is 1. The molecule has 29 heavy (non-hydrogen) atoms. The second-order valence-corrected chi connectivity index (χ2v) is 6.72. The number of rotatable bonds is 1. The van der Waals surface area contributed by atoms with Gasteiger partial charge in [0.15, 0.2) is 11.5 Å². The van der Waals surface area contributed by atoms with Gasteiger partial charge in [-0.15, -0.1) is 0 Å². The van der Waals surface area contributed by atoms with Gasteiger partial charge in [0.1, 0.15) is 8.76 Å². The standard InChI is InChI=1S/C22H19N3O4/c1-24-10-19(26)25-16(22(24)27)9-14-13-4-2-3-5-15(13)23-20(14)21(25)12-6-7-17-18(8-12)29-11-28-17/h2-8,16,21,23H,9-11H2,1H3/t16-,21?/m1/s1/i1D3,6D,7D,8D,9D2,11D2,16D. The number of hydrogen-bond donors (Lipinski definition) is 1. The third-order valence-corrected chi connectivity index (χ3v) is 5.09. The summed E-state index contributed by atoms with van der Waals surface area (Å²) in [4.78, 5) is 31.1. The topological polar surface area (TPSA) is 74.9 Å². The second-order valence-electron chi connectivity index (χ2n) is 6.72. The molecule has 1 N–H and O–H groups in total. The summed E-state index contributed by atoms with van der Waals surface area (Å²) in [5.74, 6) is -3.76. The maximum Gasteiger partial charge on any atom is 0.245 e. The van der Waals surface area contributed by atoms with Crippen molar-refractivity contribution in [2.24, 2.45) is 0 Å². The number of H-pyrrole nitrogens is 1. The molecule has 3 aliphatic heterocycles. The van der Waals surface area contributed by atoms with Crippen molar-refractivity contribution in [2.75, 3.05) is 20.3 Å². The van der Waals surface area contributed by atoms with E-state index in [1.54, 1.807) is 18.2 Å². The molecule has 0 bridgehead atoms. The fourth-order valence-corrected chi connectivity index (χ4v) is 3.82. The first-order chi connectivity index (χ1) is 18.4. The van der Waals surface area contributed by atoms with Crippen LogP contribution in [0, 0.1) is 0 Å². The molecule has 0 saturated carbocycles. The molecule has 146 valence electrons. The maximum atomic E-state index is 13.8. The quantitative estimate of drug-likeness (QED) is 0.680. The third kappa shape index (κ3) is 2.24. The van der Waals surface area contributed by atoms with Gasteiger partial charge in [0.05, 0.1) is 18.1 Å². The number of aromatic nitrogens is 1. The zero-order valence-electron chi connectivity index (χ0n) is 25.6. The third-order valence-electron chi connectivity index (χ3n) is 5.09. The maximum absolute atomic E-state index is 13.8. The number of hydrogen-bond acceptors (Lipinski definition) is 4. The number of aromatic amines is 1. The monoisotopic (exact) mass is 400 g/mol. The summed E-state index contributed by atoms with van der Waals surface area (Å²) in [5.41, 5.74) is -0.487. The largest absolute Gasteiger partial charge is 0.454 e. The van der Waals surface area contributed by atoms with Crippen LogP contribution >= 0.6 is 0 Å². The van der Waals surface area contributed by atoms with Crippen molar-refractivity contribution < 1.29 is 34.1 Å². The number of para-hydroxylation sites is 1. The summed E-state index contributed by atoms with van der Waals surface area (Å²) >= 11 is 0. The average molecular weight is 400 g/mol.